The Bertz CT molecular complexity index is 321. The zero-order valence-corrected chi connectivity index (χ0v) is 9.96. The highest BCUT2D eigenvalue weighted by atomic mass is 16.7. The molecule has 1 unspecified atom stereocenters. The van der Waals surface area contributed by atoms with Crippen LogP contribution in [0.2, 0.25) is 0 Å². The third kappa shape index (κ3) is 2.22. The van der Waals surface area contributed by atoms with Gasteiger partial charge in [-0.3, -0.25) is 4.84 Å². The van der Waals surface area contributed by atoms with E-state index in [1.807, 2.05) is 0 Å². The summed E-state index contributed by atoms with van der Waals surface area (Å²) < 4.78 is 0. The van der Waals surface area contributed by atoms with Crippen molar-refractivity contribution >= 4 is 12.0 Å². The summed E-state index contributed by atoms with van der Waals surface area (Å²) in [5.41, 5.74) is 0. The number of carbonyl (C=O) groups is 2. The van der Waals surface area contributed by atoms with Crippen LogP contribution in [0, 0.1) is 0 Å². The van der Waals surface area contributed by atoms with Gasteiger partial charge in [0, 0.05) is 6.54 Å². The van der Waals surface area contributed by atoms with E-state index in [9.17, 15) is 9.59 Å². The number of hydrogen-bond donors (Lipinski definition) is 1. The van der Waals surface area contributed by atoms with Gasteiger partial charge in [0.1, 0.15) is 6.04 Å². The van der Waals surface area contributed by atoms with Crippen molar-refractivity contribution in [1.29, 1.82) is 0 Å². The average molecular weight is 242 g/mol. The number of carboxylic acids is 1. The molecular formula is C11H18N2O4. The highest BCUT2D eigenvalue weighted by molar-refractivity contribution is 5.84. The summed E-state index contributed by atoms with van der Waals surface area (Å²) in [6, 6.07) is -0.954. The Kier molecular flexibility index (Phi) is 3.51. The summed E-state index contributed by atoms with van der Waals surface area (Å²) in [5, 5.41) is 10.4. The second-order valence-electron chi connectivity index (χ2n) is 4.53. The number of aliphatic carboxylic acids is 1. The van der Waals surface area contributed by atoms with Gasteiger partial charge in [0.05, 0.1) is 12.6 Å². The van der Waals surface area contributed by atoms with Gasteiger partial charge in [0.25, 0.3) is 0 Å². The monoisotopic (exact) mass is 242 g/mol. The molecule has 0 aromatic carbocycles. The van der Waals surface area contributed by atoms with Gasteiger partial charge in [0.2, 0.25) is 0 Å². The van der Waals surface area contributed by atoms with Gasteiger partial charge in [-0.15, -0.1) is 0 Å². The average Bonchev–Trinajstić information content (AvgIpc) is 2.54. The maximum Gasteiger partial charge on any atom is 0.345 e. The quantitative estimate of drug-likeness (QED) is 0.732. The summed E-state index contributed by atoms with van der Waals surface area (Å²) in [6.07, 6.45) is 3.12. The van der Waals surface area contributed by atoms with Gasteiger partial charge in [-0.2, -0.15) is 5.06 Å². The van der Waals surface area contributed by atoms with Crippen LogP contribution in [0.5, 0.6) is 0 Å². The number of rotatable bonds is 5. The van der Waals surface area contributed by atoms with Gasteiger partial charge < -0.3 is 10.0 Å². The maximum atomic E-state index is 12.0. The van der Waals surface area contributed by atoms with E-state index in [1.165, 1.54) is 9.96 Å². The zero-order chi connectivity index (χ0) is 12.4. The Balaban J connectivity index is 1.99. The van der Waals surface area contributed by atoms with Gasteiger partial charge in [0.15, 0.2) is 0 Å². The second kappa shape index (κ2) is 4.91. The number of nitrogens with zero attached hydrogens (tertiary/aromatic N) is 2. The van der Waals surface area contributed by atoms with E-state index < -0.39 is 12.0 Å². The lowest BCUT2D eigenvalue weighted by Gasteiger charge is -2.26. The SMILES string of the molecule is CCCCON1C(=O)N2CC1CC[C@H]2C(=O)O. The largest absolute Gasteiger partial charge is 0.480 e. The predicted molar refractivity (Wildman–Crippen MR) is 59.2 cm³/mol. The molecule has 2 rings (SSSR count). The normalized spacial score (nSPS) is 27.7. The van der Waals surface area contributed by atoms with Crippen molar-refractivity contribution in [1.82, 2.24) is 9.96 Å². The van der Waals surface area contributed by atoms with E-state index in [0.29, 0.717) is 26.0 Å². The molecule has 6 nitrogen and oxygen atoms in total. The van der Waals surface area contributed by atoms with Crippen molar-refractivity contribution in [2.24, 2.45) is 0 Å². The van der Waals surface area contributed by atoms with Crippen LogP contribution in [0.3, 0.4) is 0 Å². The first kappa shape index (κ1) is 12.2. The van der Waals surface area contributed by atoms with Crippen molar-refractivity contribution < 1.29 is 19.5 Å². The summed E-state index contributed by atoms with van der Waals surface area (Å²) in [7, 11) is 0. The number of hydrogen-bond acceptors (Lipinski definition) is 3. The number of urea groups is 1. The first-order valence-corrected chi connectivity index (χ1v) is 6.10. The molecule has 6 heteroatoms. The van der Waals surface area contributed by atoms with Crippen molar-refractivity contribution in [3.05, 3.63) is 0 Å². The lowest BCUT2D eigenvalue weighted by atomic mass is 10.0. The first-order valence-electron chi connectivity index (χ1n) is 6.10. The molecule has 2 fully saturated rings. The lowest BCUT2D eigenvalue weighted by Crippen LogP contribution is -2.44. The molecule has 2 aliphatic heterocycles. The summed E-state index contributed by atoms with van der Waals surface area (Å²) >= 11 is 0. The standard InChI is InChI=1S/C11H18N2O4/c1-2-3-6-17-13-8-4-5-9(10(14)15)12(7-8)11(13)16/h8-9H,2-7H2,1H3,(H,14,15)/t8?,9-/m0/s1. The fourth-order valence-corrected chi connectivity index (χ4v) is 2.36. The van der Waals surface area contributed by atoms with Crippen LogP contribution in [0.4, 0.5) is 4.79 Å². The molecule has 2 bridgehead atoms. The summed E-state index contributed by atoms with van der Waals surface area (Å²) in [6.45, 7) is 3.05. The van der Waals surface area contributed by atoms with Crippen LogP contribution in [0.25, 0.3) is 0 Å². The minimum atomic E-state index is -0.924. The van der Waals surface area contributed by atoms with Crippen molar-refractivity contribution in [2.75, 3.05) is 13.2 Å². The number of carbonyl (C=O) groups excluding carboxylic acids is 1. The van der Waals surface area contributed by atoms with Crippen LogP contribution < -0.4 is 0 Å². The number of hydroxylamine groups is 2. The molecule has 0 aromatic heterocycles. The Morgan fingerprint density at radius 1 is 1.53 bits per heavy atom. The molecular weight excluding hydrogens is 224 g/mol. The van der Waals surface area contributed by atoms with Crippen LogP contribution in [-0.2, 0) is 9.63 Å². The molecule has 0 radical (unpaired) electrons. The smallest absolute Gasteiger partial charge is 0.345 e. The van der Waals surface area contributed by atoms with Crippen molar-refractivity contribution in [3.63, 3.8) is 0 Å². The molecule has 2 saturated heterocycles. The number of unbranched alkanes of at least 4 members (excludes halogenated alkanes) is 1. The van der Waals surface area contributed by atoms with E-state index in [-0.39, 0.29) is 12.1 Å². The minimum Gasteiger partial charge on any atom is -0.480 e. The van der Waals surface area contributed by atoms with Gasteiger partial charge >= 0.3 is 12.0 Å². The Morgan fingerprint density at radius 3 is 2.94 bits per heavy atom. The summed E-state index contributed by atoms with van der Waals surface area (Å²) in [5.74, 6) is -0.924. The lowest BCUT2D eigenvalue weighted by molar-refractivity contribution is -0.142. The van der Waals surface area contributed by atoms with E-state index in [4.69, 9.17) is 9.94 Å². The minimum absolute atomic E-state index is 0.0231. The molecule has 2 amide bonds. The van der Waals surface area contributed by atoms with Crippen LogP contribution in [0.1, 0.15) is 32.6 Å². The molecule has 0 spiro atoms. The molecule has 0 aromatic rings. The Morgan fingerprint density at radius 2 is 2.29 bits per heavy atom. The van der Waals surface area contributed by atoms with Gasteiger partial charge in [-0.05, 0) is 19.3 Å². The van der Waals surface area contributed by atoms with Gasteiger partial charge in [-0.1, -0.05) is 13.3 Å². The van der Waals surface area contributed by atoms with Crippen molar-refractivity contribution in [2.45, 2.75) is 44.7 Å². The number of piperidine rings is 1. The molecule has 1 N–H and O–H groups in total. The van der Waals surface area contributed by atoms with Crippen molar-refractivity contribution in [3.8, 4) is 0 Å². The molecule has 96 valence electrons. The highest BCUT2D eigenvalue weighted by Crippen LogP contribution is 2.30. The van der Waals surface area contributed by atoms with E-state index in [1.54, 1.807) is 0 Å². The van der Waals surface area contributed by atoms with Crippen LogP contribution >= 0.6 is 0 Å². The molecule has 0 saturated carbocycles. The van der Waals surface area contributed by atoms with E-state index >= 15 is 0 Å². The second-order valence-corrected chi connectivity index (χ2v) is 4.53. The fourth-order valence-electron chi connectivity index (χ4n) is 2.36. The topological polar surface area (TPSA) is 70.1 Å². The third-order valence-corrected chi connectivity index (χ3v) is 3.34. The highest BCUT2D eigenvalue weighted by Gasteiger charge is 2.47. The number of fused-ring (bicyclic) bond motifs is 2. The first-order chi connectivity index (χ1) is 8.15. The Labute approximate surface area is 100 Å². The Hall–Kier alpha value is -1.30. The molecule has 17 heavy (non-hydrogen) atoms. The predicted octanol–water partition coefficient (Wildman–Crippen LogP) is 1.07. The molecule has 2 aliphatic rings. The molecule has 2 atom stereocenters. The van der Waals surface area contributed by atoms with Crippen LogP contribution in [0.15, 0.2) is 0 Å². The molecule has 0 aliphatic carbocycles. The fraction of sp³-hybridized carbons (Fsp3) is 0.818. The van der Waals surface area contributed by atoms with E-state index in [2.05, 4.69) is 6.92 Å². The molecule has 2 heterocycles. The maximum absolute atomic E-state index is 12.0. The number of amides is 2. The third-order valence-electron chi connectivity index (χ3n) is 3.34. The zero-order valence-electron chi connectivity index (χ0n) is 9.96. The van der Waals surface area contributed by atoms with Crippen LogP contribution in [-0.4, -0.2) is 52.3 Å². The van der Waals surface area contributed by atoms with Gasteiger partial charge in [-0.25, -0.2) is 9.59 Å². The van der Waals surface area contributed by atoms with E-state index in [0.717, 1.165) is 12.8 Å². The number of carboxylic acid groups (broad SMARTS) is 1. The summed E-state index contributed by atoms with van der Waals surface area (Å²) in [4.78, 5) is 29.8.